The van der Waals surface area contributed by atoms with Crippen molar-refractivity contribution in [1.29, 1.82) is 0 Å². The number of unbranched alkanes of at least 4 members (excludes halogenated alkanes) is 13. The first kappa shape index (κ1) is 25.5. The van der Waals surface area contributed by atoms with E-state index in [1.165, 1.54) is 89.9 Å². The van der Waals surface area contributed by atoms with Gasteiger partial charge >= 0.3 is 0 Å². The summed E-state index contributed by atoms with van der Waals surface area (Å²) in [6, 6.07) is 0. The first-order chi connectivity index (χ1) is 10.8. The van der Waals surface area contributed by atoms with Gasteiger partial charge in [0.05, 0.1) is 6.61 Å². The van der Waals surface area contributed by atoms with Crippen molar-refractivity contribution in [2.75, 3.05) is 26.2 Å². The van der Waals surface area contributed by atoms with Crippen LogP contribution in [0.4, 0.5) is 0 Å². The standard InChI is InChI=1S/C20H43NO.ClH/c1-3-5-6-7-8-9-10-11-12-13-14-15-16-17-18-21(4-2)19-20-22;/h22H,3-20H2,1-2H3;1H. The number of hydrogen-bond donors (Lipinski definition) is 1. The molecular weight excluding hydrogens is 306 g/mol. The summed E-state index contributed by atoms with van der Waals surface area (Å²) in [4.78, 5) is 2.35. The van der Waals surface area contributed by atoms with Crippen LogP contribution in [0.15, 0.2) is 0 Å². The van der Waals surface area contributed by atoms with E-state index in [-0.39, 0.29) is 12.4 Å². The van der Waals surface area contributed by atoms with Gasteiger partial charge in [0.15, 0.2) is 0 Å². The minimum absolute atomic E-state index is 0. The van der Waals surface area contributed by atoms with E-state index >= 15 is 0 Å². The number of aliphatic hydroxyl groups excluding tert-OH is 1. The molecule has 0 aromatic heterocycles. The fourth-order valence-corrected chi connectivity index (χ4v) is 3.10. The van der Waals surface area contributed by atoms with E-state index < -0.39 is 0 Å². The van der Waals surface area contributed by atoms with Crippen LogP contribution in [-0.2, 0) is 0 Å². The second-order valence-electron chi connectivity index (χ2n) is 6.75. The molecule has 0 aromatic carbocycles. The van der Waals surface area contributed by atoms with E-state index in [2.05, 4.69) is 18.7 Å². The molecule has 0 fully saturated rings. The maximum absolute atomic E-state index is 8.94. The first-order valence-electron chi connectivity index (χ1n) is 10.2. The van der Waals surface area contributed by atoms with Gasteiger partial charge in [0, 0.05) is 6.54 Å². The molecule has 0 saturated heterocycles. The number of rotatable bonds is 18. The monoisotopic (exact) mass is 349 g/mol. The van der Waals surface area contributed by atoms with E-state index in [4.69, 9.17) is 5.11 Å². The highest BCUT2D eigenvalue weighted by Crippen LogP contribution is 2.13. The van der Waals surface area contributed by atoms with Crippen LogP contribution in [0.5, 0.6) is 0 Å². The summed E-state index contributed by atoms with van der Waals surface area (Å²) in [6.45, 7) is 7.84. The molecule has 3 heteroatoms. The molecule has 0 spiro atoms. The Labute approximate surface area is 152 Å². The average molecular weight is 350 g/mol. The van der Waals surface area contributed by atoms with Crippen molar-refractivity contribution in [3.63, 3.8) is 0 Å². The molecule has 0 radical (unpaired) electrons. The molecule has 0 heterocycles. The SMILES string of the molecule is CCCCCCCCCCCCCCCCN(CC)CCO.Cl. The molecule has 1 N–H and O–H groups in total. The summed E-state index contributed by atoms with van der Waals surface area (Å²) in [5.41, 5.74) is 0. The van der Waals surface area contributed by atoms with E-state index in [1.807, 2.05) is 0 Å². The van der Waals surface area contributed by atoms with Crippen molar-refractivity contribution in [3.05, 3.63) is 0 Å². The Morgan fingerprint density at radius 1 is 0.565 bits per heavy atom. The van der Waals surface area contributed by atoms with Gasteiger partial charge in [0.1, 0.15) is 0 Å². The zero-order chi connectivity index (χ0) is 16.3. The Bertz CT molecular complexity index is 202. The predicted octanol–water partition coefficient (Wildman–Crippen LogP) is 6.20. The van der Waals surface area contributed by atoms with Gasteiger partial charge in [-0.2, -0.15) is 0 Å². The number of hydrogen-bond acceptors (Lipinski definition) is 2. The molecule has 0 rings (SSSR count). The summed E-state index contributed by atoms with van der Waals surface area (Å²) >= 11 is 0. The molecule has 23 heavy (non-hydrogen) atoms. The summed E-state index contributed by atoms with van der Waals surface area (Å²) in [5, 5.41) is 8.94. The highest BCUT2D eigenvalue weighted by atomic mass is 35.5. The van der Waals surface area contributed by atoms with Gasteiger partial charge in [-0.25, -0.2) is 0 Å². The molecule has 0 aliphatic heterocycles. The van der Waals surface area contributed by atoms with Gasteiger partial charge in [-0.05, 0) is 19.5 Å². The van der Waals surface area contributed by atoms with Crippen LogP contribution in [0, 0.1) is 0 Å². The Morgan fingerprint density at radius 2 is 0.957 bits per heavy atom. The Balaban J connectivity index is 0. The van der Waals surface area contributed by atoms with Crippen LogP contribution in [-0.4, -0.2) is 36.2 Å². The third kappa shape index (κ3) is 20.2. The molecule has 0 bridgehead atoms. The van der Waals surface area contributed by atoms with Crippen LogP contribution in [0.3, 0.4) is 0 Å². The highest BCUT2D eigenvalue weighted by molar-refractivity contribution is 5.85. The lowest BCUT2D eigenvalue weighted by Crippen LogP contribution is -2.27. The summed E-state index contributed by atoms with van der Waals surface area (Å²) in [7, 11) is 0. The van der Waals surface area contributed by atoms with Gasteiger partial charge in [0.2, 0.25) is 0 Å². The van der Waals surface area contributed by atoms with E-state index in [9.17, 15) is 0 Å². The van der Waals surface area contributed by atoms with Crippen LogP contribution in [0.1, 0.15) is 104 Å². The first-order valence-corrected chi connectivity index (χ1v) is 10.2. The third-order valence-corrected chi connectivity index (χ3v) is 4.69. The largest absolute Gasteiger partial charge is 0.395 e. The van der Waals surface area contributed by atoms with Crippen LogP contribution in [0.25, 0.3) is 0 Å². The fourth-order valence-electron chi connectivity index (χ4n) is 3.10. The quantitative estimate of drug-likeness (QED) is 0.297. The van der Waals surface area contributed by atoms with Crippen molar-refractivity contribution in [2.24, 2.45) is 0 Å². The molecule has 2 nitrogen and oxygen atoms in total. The third-order valence-electron chi connectivity index (χ3n) is 4.69. The van der Waals surface area contributed by atoms with Crippen LogP contribution < -0.4 is 0 Å². The lowest BCUT2D eigenvalue weighted by atomic mass is 10.0. The van der Waals surface area contributed by atoms with Crippen molar-refractivity contribution in [3.8, 4) is 0 Å². The molecule has 0 atom stereocenters. The molecule has 0 unspecified atom stereocenters. The smallest absolute Gasteiger partial charge is 0.0558 e. The summed E-state index contributed by atoms with van der Waals surface area (Å²) in [6.07, 6.45) is 19.9. The van der Waals surface area contributed by atoms with Crippen molar-refractivity contribution in [1.82, 2.24) is 4.90 Å². The van der Waals surface area contributed by atoms with Gasteiger partial charge in [0.25, 0.3) is 0 Å². The molecule has 0 aliphatic carbocycles. The normalized spacial score (nSPS) is 11.0. The minimum Gasteiger partial charge on any atom is -0.395 e. The zero-order valence-electron chi connectivity index (χ0n) is 16.0. The van der Waals surface area contributed by atoms with Gasteiger partial charge in [-0.15, -0.1) is 12.4 Å². The second-order valence-corrected chi connectivity index (χ2v) is 6.75. The number of halogens is 1. The topological polar surface area (TPSA) is 23.5 Å². The minimum atomic E-state index is 0. The second kappa shape index (κ2) is 22.2. The van der Waals surface area contributed by atoms with Crippen molar-refractivity contribution < 1.29 is 5.11 Å². The van der Waals surface area contributed by atoms with Crippen molar-refractivity contribution >= 4 is 12.4 Å². The zero-order valence-corrected chi connectivity index (χ0v) is 16.8. The Hall–Kier alpha value is 0.210. The number of likely N-dealkylation sites (N-methyl/N-ethyl adjacent to an activating group) is 1. The Kier molecular flexibility index (Phi) is 24.6. The molecule has 0 saturated carbocycles. The van der Waals surface area contributed by atoms with E-state index in [0.717, 1.165) is 19.6 Å². The summed E-state index contributed by atoms with van der Waals surface area (Å²) in [5.74, 6) is 0. The lowest BCUT2D eigenvalue weighted by molar-refractivity contribution is 0.199. The highest BCUT2D eigenvalue weighted by Gasteiger charge is 2.00. The molecular formula is C20H44ClNO. The predicted molar refractivity (Wildman–Crippen MR) is 107 cm³/mol. The van der Waals surface area contributed by atoms with E-state index in [1.54, 1.807) is 0 Å². The average Bonchev–Trinajstić information content (AvgIpc) is 2.54. The Morgan fingerprint density at radius 3 is 1.30 bits per heavy atom. The van der Waals surface area contributed by atoms with Crippen LogP contribution in [0.2, 0.25) is 0 Å². The van der Waals surface area contributed by atoms with E-state index in [0.29, 0.717) is 6.61 Å². The van der Waals surface area contributed by atoms with Crippen molar-refractivity contribution in [2.45, 2.75) is 104 Å². The van der Waals surface area contributed by atoms with Gasteiger partial charge in [-0.3, -0.25) is 0 Å². The maximum atomic E-state index is 8.94. The van der Waals surface area contributed by atoms with Gasteiger partial charge < -0.3 is 10.0 Å². The number of aliphatic hydroxyl groups is 1. The molecule has 142 valence electrons. The van der Waals surface area contributed by atoms with Gasteiger partial charge in [-0.1, -0.05) is 97.3 Å². The lowest BCUT2D eigenvalue weighted by Gasteiger charge is -2.18. The molecule has 0 amide bonds. The fraction of sp³-hybridized carbons (Fsp3) is 1.00. The molecule has 0 aromatic rings. The summed E-state index contributed by atoms with van der Waals surface area (Å²) < 4.78 is 0. The maximum Gasteiger partial charge on any atom is 0.0558 e. The number of nitrogens with zero attached hydrogens (tertiary/aromatic N) is 1. The van der Waals surface area contributed by atoms with Crippen LogP contribution >= 0.6 is 12.4 Å². The molecule has 0 aliphatic rings.